The number of rotatable bonds is 0. The van der Waals surface area contributed by atoms with Gasteiger partial charge in [0, 0.05) is 29.4 Å². The van der Waals surface area contributed by atoms with Gasteiger partial charge in [0.1, 0.15) is 16.6 Å². The van der Waals surface area contributed by atoms with E-state index in [0.29, 0.717) is 11.3 Å². The largest absolute Gasteiger partial charge is 0.346 e. The highest BCUT2D eigenvalue weighted by atomic mass is 32.1. The van der Waals surface area contributed by atoms with E-state index in [-0.39, 0.29) is 0 Å². The van der Waals surface area contributed by atoms with Crippen LogP contribution in [0.4, 0.5) is 0 Å². The van der Waals surface area contributed by atoms with Gasteiger partial charge in [-0.2, -0.15) is 5.10 Å². The lowest BCUT2D eigenvalue weighted by Gasteiger charge is -1.95. The number of aromatic amines is 3. The van der Waals surface area contributed by atoms with Crippen molar-refractivity contribution in [3.63, 3.8) is 0 Å². The molecule has 0 aromatic carbocycles. The van der Waals surface area contributed by atoms with Gasteiger partial charge in [0.15, 0.2) is 11.3 Å². The first-order valence-electron chi connectivity index (χ1n) is 9.34. The Morgan fingerprint density at radius 2 is 1.77 bits per heavy atom. The predicted molar refractivity (Wildman–Crippen MR) is 119 cm³/mol. The van der Waals surface area contributed by atoms with Crippen molar-refractivity contribution in [3.05, 3.63) is 55.1 Å². The summed E-state index contributed by atoms with van der Waals surface area (Å²) in [5, 5.41) is 10.3. The summed E-state index contributed by atoms with van der Waals surface area (Å²) in [6.07, 6.45) is 7.27. The molecule has 0 aliphatic carbocycles. The number of aromatic nitrogens is 8. The molecule has 30 heavy (non-hydrogen) atoms. The molecular formula is C21H12N8S. The molecule has 7 rings (SSSR count). The molecule has 0 amide bonds. The van der Waals surface area contributed by atoms with E-state index < -0.39 is 0 Å². The molecule has 0 radical (unpaired) electrons. The summed E-state index contributed by atoms with van der Waals surface area (Å²) in [5.74, 6) is 0. The quantitative estimate of drug-likeness (QED) is 0.335. The fourth-order valence-electron chi connectivity index (χ4n) is 3.81. The van der Waals surface area contributed by atoms with Crippen molar-refractivity contribution in [2.75, 3.05) is 0 Å². The smallest absolute Gasteiger partial charge is 0.159 e. The minimum Gasteiger partial charge on any atom is -0.346 e. The molecule has 7 aromatic rings. The van der Waals surface area contributed by atoms with Crippen LogP contribution in [0.2, 0.25) is 0 Å². The van der Waals surface area contributed by atoms with Gasteiger partial charge in [0.25, 0.3) is 0 Å². The van der Waals surface area contributed by atoms with Crippen LogP contribution in [0.15, 0.2) is 55.1 Å². The number of hydrogen-bond donors (Lipinski definition) is 3. The maximum Gasteiger partial charge on any atom is 0.159 e. The van der Waals surface area contributed by atoms with Crippen LogP contribution in [0.5, 0.6) is 0 Å². The van der Waals surface area contributed by atoms with Crippen LogP contribution in [0.1, 0.15) is 0 Å². The van der Waals surface area contributed by atoms with Gasteiger partial charge in [0.2, 0.25) is 0 Å². The average Bonchev–Trinajstić information content (AvgIpc) is 3.50. The van der Waals surface area contributed by atoms with Crippen LogP contribution in [0.3, 0.4) is 0 Å². The van der Waals surface area contributed by atoms with Crippen LogP contribution in [0.25, 0.3) is 64.6 Å². The third-order valence-electron chi connectivity index (χ3n) is 5.22. The zero-order chi connectivity index (χ0) is 19.7. The highest BCUT2D eigenvalue weighted by Crippen LogP contribution is 2.28. The number of imidazole rings is 1. The Bertz CT molecular complexity index is 1820. The monoisotopic (exact) mass is 408 g/mol. The summed E-state index contributed by atoms with van der Waals surface area (Å²) in [5.41, 5.74) is 5.61. The molecule has 3 N–H and O–H groups in total. The Hall–Kier alpha value is -4.11. The van der Waals surface area contributed by atoms with Crippen molar-refractivity contribution in [2.24, 2.45) is 0 Å². The molecule has 9 heteroatoms. The summed E-state index contributed by atoms with van der Waals surface area (Å²) < 4.78 is 1.04. The number of fused-ring (bicyclic) bond motifs is 9. The molecule has 0 saturated carbocycles. The van der Waals surface area contributed by atoms with Crippen LogP contribution >= 0.6 is 11.3 Å². The number of nitrogens with one attached hydrogen (secondary N) is 3. The summed E-state index contributed by atoms with van der Waals surface area (Å²) >= 11 is 1.63. The Morgan fingerprint density at radius 1 is 0.800 bits per heavy atom. The predicted octanol–water partition coefficient (Wildman–Crippen LogP) is 4.75. The van der Waals surface area contributed by atoms with Crippen LogP contribution in [0, 0.1) is 0 Å². The molecule has 8 bridgehead atoms. The topological polar surface area (TPSA) is 112 Å². The third kappa shape index (κ3) is 2.23. The van der Waals surface area contributed by atoms with E-state index in [1.807, 2.05) is 30.7 Å². The Balaban J connectivity index is 1.80. The molecule has 7 aromatic heterocycles. The second kappa shape index (κ2) is 5.71. The van der Waals surface area contributed by atoms with E-state index in [1.54, 1.807) is 17.5 Å². The normalized spacial score (nSPS) is 12.0. The minimum absolute atomic E-state index is 0.682. The van der Waals surface area contributed by atoms with Crippen molar-refractivity contribution in [1.29, 1.82) is 0 Å². The molecule has 0 fully saturated rings. The molecule has 142 valence electrons. The van der Waals surface area contributed by atoms with Gasteiger partial charge >= 0.3 is 0 Å². The van der Waals surface area contributed by atoms with Crippen molar-refractivity contribution in [1.82, 2.24) is 40.1 Å². The Morgan fingerprint density at radius 3 is 2.77 bits per heavy atom. The Kier molecular flexibility index (Phi) is 3.00. The van der Waals surface area contributed by atoms with E-state index in [4.69, 9.17) is 4.98 Å². The van der Waals surface area contributed by atoms with Crippen LogP contribution in [-0.2, 0) is 0 Å². The SMILES string of the molecule is c1cc2[nH]c3nc2c(n1)c1ccc([nH]c2cncc(c2)c2cnc4[nH]nc3c4c2)s1. The first kappa shape index (κ1) is 15.8. The molecular weight excluding hydrogens is 396 g/mol. The highest BCUT2D eigenvalue weighted by Gasteiger charge is 2.10. The number of thiophene rings is 1. The van der Waals surface area contributed by atoms with Crippen molar-refractivity contribution >= 4 is 75.9 Å². The zero-order valence-electron chi connectivity index (χ0n) is 15.3. The van der Waals surface area contributed by atoms with Gasteiger partial charge in [-0.1, -0.05) is 0 Å². The van der Waals surface area contributed by atoms with Crippen LogP contribution < -0.4 is 0 Å². The maximum absolute atomic E-state index is 4.86. The van der Waals surface area contributed by atoms with Gasteiger partial charge in [-0.25, -0.2) is 9.97 Å². The van der Waals surface area contributed by atoms with E-state index in [9.17, 15) is 0 Å². The first-order valence-corrected chi connectivity index (χ1v) is 10.2. The number of H-pyrrole nitrogens is 3. The lowest BCUT2D eigenvalue weighted by Crippen LogP contribution is -1.79. The molecule has 0 aliphatic rings. The van der Waals surface area contributed by atoms with Crippen molar-refractivity contribution in [2.45, 2.75) is 0 Å². The maximum atomic E-state index is 4.86. The number of hydrogen-bond acceptors (Lipinski definition) is 6. The second-order valence-electron chi connectivity index (χ2n) is 7.08. The van der Waals surface area contributed by atoms with Gasteiger partial charge in [-0.15, -0.1) is 11.3 Å². The van der Waals surface area contributed by atoms with Crippen molar-refractivity contribution in [3.8, 4) is 0 Å². The molecule has 0 saturated heterocycles. The first-order chi connectivity index (χ1) is 14.8. The zero-order valence-corrected chi connectivity index (χ0v) is 16.2. The number of nitrogens with zero attached hydrogens (tertiary/aromatic N) is 5. The summed E-state index contributed by atoms with van der Waals surface area (Å²) in [7, 11) is 0. The van der Waals surface area contributed by atoms with Gasteiger partial charge in [-0.05, 0) is 30.3 Å². The minimum atomic E-state index is 0.682. The third-order valence-corrected chi connectivity index (χ3v) is 6.23. The molecule has 0 unspecified atom stereocenters. The number of pyridine rings is 3. The van der Waals surface area contributed by atoms with E-state index >= 15 is 0 Å². The van der Waals surface area contributed by atoms with Crippen molar-refractivity contribution < 1.29 is 0 Å². The summed E-state index contributed by atoms with van der Waals surface area (Å²) in [6.45, 7) is 0. The van der Waals surface area contributed by atoms with Gasteiger partial charge in [-0.3, -0.25) is 15.1 Å². The fraction of sp³-hybridized carbons (Fsp3) is 0. The molecule has 0 atom stereocenters. The van der Waals surface area contributed by atoms with E-state index in [2.05, 4.69) is 53.3 Å². The summed E-state index contributed by atoms with van der Waals surface area (Å²) in [4.78, 5) is 26.3. The molecule has 0 spiro atoms. The molecule has 8 nitrogen and oxygen atoms in total. The second-order valence-corrected chi connectivity index (χ2v) is 8.17. The standard InChI is InChI=1S/C21H12N8S/c1-2-16-25-12-5-10(7-22-9-12)11-6-13-17(28-29-20(13)24-8-11)21-26-14-3-4-23-19(15(1)30-16)18(14)27-21/h1-9,25H,(H,26,27)(H,24,28,29). The Labute approximate surface area is 171 Å². The van der Waals surface area contributed by atoms with Gasteiger partial charge < -0.3 is 9.97 Å². The average molecular weight is 408 g/mol. The van der Waals surface area contributed by atoms with E-state index in [1.165, 1.54) is 0 Å². The highest BCUT2D eigenvalue weighted by molar-refractivity contribution is 7.23. The van der Waals surface area contributed by atoms with E-state index in [0.717, 1.165) is 53.3 Å². The fourth-order valence-corrected chi connectivity index (χ4v) is 4.73. The lowest BCUT2D eigenvalue weighted by atomic mass is 10.2. The van der Waals surface area contributed by atoms with Gasteiger partial charge in [0.05, 0.1) is 32.1 Å². The lowest BCUT2D eigenvalue weighted by molar-refractivity contribution is 1.12. The summed E-state index contributed by atoms with van der Waals surface area (Å²) in [6, 6.07) is 10.2. The van der Waals surface area contributed by atoms with Crippen LogP contribution in [-0.4, -0.2) is 40.1 Å². The molecule has 0 aliphatic heterocycles. The molecule has 7 heterocycles.